The molecular formula is C9H10BrFN2O. The van der Waals surface area contributed by atoms with E-state index in [9.17, 15) is 9.18 Å². The lowest BCUT2D eigenvalue weighted by atomic mass is 10.0. The van der Waals surface area contributed by atoms with Crippen LogP contribution in [0.25, 0.3) is 0 Å². The van der Waals surface area contributed by atoms with Gasteiger partial charge in [-0.05, 0) is 33.6 Å². The van der Waals surface area contributed by atoms with Crippen molar-refractivity contribution in [3.05, 3.63) is 34.1 Å². The summed E-state index contributed by atoms with van der Waals surface area (Å²) in [7, 11) is 0. The van der Waals surface area contributed by atoms with Gasteiger partial charge in [0, 0.05) is 12.5 Å². The van der Waals surface area contributed by atoms with Crippen LogP contribution in [0.3, 0.4) is 0 Å². The average Bonchev–Trinajstić information content (AvgIpc) is 2.08. The molecule has 1 rings (SSSR count). The number of carbonyl (C=O) groups excluding carboxylic acids is 1. The lowest BCUT2D eigenvalue weighted by molar-refractivity contribution is -0.118. The van der Waals surface area contributed by atoms with E-state index in [-0.39, 0.29) is 6.42 Å². The van der Waals surface area contributed by atoms with Gasteiger partial charge in [0.15, 0.2) is 0 Å². The van der Waals surface area contributed by atoms with E-state index in [1.165, 1.54) is 6.07 Å². The molecule has 14 heavy (non-hydrogen) atoms. The van der Waals surface area contributed by atoms with Crippen molar-refractivity contribution in [2.75, 3.05) is 0 Å². The van der Waals surface area contributed by atoms with E-state index in [0.29, 0.717) is 10.0 Å². The largest absolute Gasteiger partial charge is 0.370 e. The lowest BCUT2D eigenvalue weighted by Gasteiger charge is -2.09. The van der Waals surface area contributed by atoms with Crippen LogP contribution in [-0.4, -0.2) is 5.91 Å². The molecule has 76 valence electrons. The number of primary amides is 1. The molecule has 0 aliphatic carbocycles. The van der Waals surface area contributed by atoms with Crippen molar-refractivity contribution in [1.29, 1.82) is 0 Å². The summed E-state index contributed by atoms with van der Waals surface area (Å²) in [6.07, 6.45) is 0.0150. The van der Waals surface area contributed by atoms with Crippen LogP contribution in [0.2, 0.25) is 0 Å². The number of nitrogens with two attached hydrogens (primary N) is 2. The van der Waals surface area contributed by atoms with Gasteiger partial charge in [-0.25, -0.2) is 4.39 Å². The minimum atomic E-state index is -0.546. The van der Waals surface area contributed by atoms with Gasteiger partial charge in [-0.15, -0.1) is 0 Å². The maximum atomic E-state index is 13.1. The van der Waals surface area contributed by atoms with Crippen molar-refractivity contribution < 1.29 is 9.18 Å². The molecule has 0 unspecified atom stereocenters. The average molecular weight is 261 g/mol. The Kier molecular flexibility index (Phi) is 3.60. The molecule has 0 saturated heterocycles. The topological polar surface area (TPSA) is 69.1 Å². The third-order valence-corrected chi connectivity index (χ3v) is 2.44. The molecule has 0 spiro atoms. The first-order valence-electron chi connectivity index (χ1n) is 3.99. The Bertz CT molecular complexity index is 357. The van der Waals surface area contributed by atoms with Gasteiger partial charge < -0.3 is 11.5 Å². The van der Waals surface area contributed by atoms with E-state index in [1.54, 1.807) is 12.1 Å². The standard InChI is InChI=1S/C9H10BrFN2O/c10-6-2-1-5(3-7(6)11)8(12)4-9(13)14/h1-3,8H,4,12H2,(H2,13,14)/t8-/m0/s1. The molecule has 0 aromatic heterocycles. The fraction of sp³-hybridized carbons (Fsp3) is 0.222. The predicted octanol–water partition coefficient (Wildman–Crippen LogP) is 1.46. The molecule has 0 heterocycles. The summed E-state index contributed by atoms with van der Waals surface area (Å²) in [5.41, 5.74) is 11.2. The van der Waals surface area contributed by atoms with Gasteiger partial charge in [0.05, 0.1) is 4.47 Å². The smallest absolute Gasteiger partial charge is 0.219 e. The Morgan fingerprint density at radius 1 is 1.57 bits per heavy atom. The second-order valence-corrected chi connectivity index (χ2v) is 3.80. The van der Waals surface area contributed by atoms with Gasteiger partial charge in [-0.2, -0.15) is 0 Å². The first kappa shape index (κ1) is 11.1. The van der Waals surface area contributed by atoms with Crippen molar-refractivity contribution in [1.82, 2.24) is 0 Å². The molecule has 0 bridgehead atoms. The third-order valence-electron chi connectivity index (χ3n) is 1.79. The Morgan fingerprint density at radius 3 is 2.71 bits per heavy atom. The SMILES string of the molecule is NC(=O)C[C@H](N)c1ccc(Br)c(F)c1. The van der Waals surface area contributed by atoms with Crippen molar-refractivity contribution in [3.63, 3.8) is 0 Å². The zero-order valence-corrected chi connectivity index (χ0v) is 8.92. The molecule has 3 nitrogen and oxygen atoms in total. The zero-order valence-electron chi connectivity index (χ0n) is 7.34. The van der Waals surface area contributed by atoms with Gasteiger partial charge in [0.25, 0.3) is 0 Å². The number of hydrogen-bond donors (Lipinski definition) is 2. The second-order valence-electron chi connectivity index (χ2n) is 2.95. The first-order valence-corrected chi connectivity index (χ1v) is 4.79. The minimum absolute atomic E-state index is 0.0150. The van der Waals surface area contributed by atoms with Crippen LogP contribution in [0.5, 0.6) is 0 Å². The van der Waals surface area contributed by atoms with Gasteiger partial charge in [0.1, 0.15) is 5.82 Å². The van der Waals surface area contributed by atoms with E-state index >= 15 is 0 Å². The second kappa shape index (κ2) is 4.52. The molecular weight excluding hydrogens is 251 g/mol. The summed E-state index contributed by atoms with van der Waals surface area (Å²) >= 11 is 3.02. The van der Waals surface area contributed by atoms with Crippen LogP contribution in [0.4, 0.5) is 4.39 Å². The van der Waals surface area contributed by atoms with Crippen LogP contribution in [0, 0.1) is 5.82 Å². The summed E-state index contributed by atoms with van der Waals surface area (Å²) in [6, 6.07) is 3.94. The van der Waals surface area contributed by atoms with Crippen molar-refractivity contribution in [2.45, 2.75) is 12.5 Å². The van der Waals surface area contributed by atoms with Gasteiger partial charge in [-0.1, -0.05) is 6.07 Å². The highest BCUT2D eigenvalue weighted by Gasteiger charge is 2.10. The number of carbonyl (C=O) groups is 1. The molecule has 1 aromatic rings. The number of hydrogen-bond acceptors (Lipinski definition) is 2. The summed E-state index contributed by atoms with van der Waals surface area (Å²) < 4.78 is 13.4. The minimum Gasteiger partial charge on any atom is -0.370 e. The van der Waals surface area contributed by atoms with Gasteiger partial charge in [0.2, 0.25) is 5.91 Å². The van der Waals surface area contributed by atoms with E-state index in [0.717, 1.165) is 0 Å². The normalized spacial score (nSPS) is 12.5. The molecule has 4 N–H and O–H groups in total. The summed E-state index contributed by atoms with van der Waals surface area (Å²) in [6.45, 7) is 0. The highest BCUT2D eigenvalue weighted by molar-refractivity contribution is 9.10. The Hall–Kier alpha value is -0.940. The first-order chi connectivity index (χ1) is 6.50. The lowest BCUT2D eigenvalue weighted by Crippen LogP contribution is -2.20. The van der Waals surface area contributed by atoms with Crippen LogP contribution in [0.15, 0.2) is 22.7 Å². The quantitative estimate of drug-likeness (QED) is 0.864. The number of halogens is 2. The summed E-state index contributed by atoms with van der Waals surface area (Å²) in [4.78, 5) is 10.6. The monoisotopic (exact) mass is 260 g/mol. The van der Waals surface area contributed by atoms with E-state index in [2.05, 4.69) is 15.9 Å². The van der Waals surface area contributed by atoms with Crippen molar-refractivity contribution >= 4 is 21.8 Å². The van der Waals surface area contributed by atoms with Crippen LogP contribution in [-0.2, 0) is 4.79 Å². The summed E-state index contributed by atoms with van der Waals surface area (Å²) in [5, 5.41) is 0. The maximum absolute atomic E-state index is 13.1. The third kappa shape index (κ3) is 2.78. The highest BCUT2D eigenvalue weighted by Crippen LogP contribution is 2.20. The molecule has 1 atom stereocenters. The predicted molar refractivity (Wildman–Crippen MR) is 54.8 cm³/mol. The molecule has 0 saturated carbocycles. The van der Waals surface area contributed by atoms with Crippen molar-refractivity contribution in [3.8, 4) is 0 Å². The fourth-order valence-corrected chi connectivity index (χ4v) is 1.32. The molecule has 1 amide bonds. The number of benzene rings is 1. The molecule has 0 aliphatic heterocycles. The van der Waals surface area contributed by atoms with Crippen molar-refractivity contribution in [2.24, 2.45) is 11.5 Å². The van der Waals surface area contributed by atoms with Gasteiger partial charge >= 0.3 is 0 Å². The Labute approximate surface area is 89.4 Å². The summed E-state index contributed by atoms with van der Waals surface area (Å²) in [5.74, 6) is -0.900. The molecule has 0 radical (unpaired) electrons. The zero-order chi connectivity index (χ0) is 10.7. The number of rotatable bonds is 3. The van der Waals surface area contributed by atoms with E-state index < -0.39 is 17.8 Å². The Morgan fingerprint density at radius 2 is 2.21 bits per heavy atom. The number of amides is 1. The van der Waals surface area contributed by atoms with Gasteiger partial charge in [-0.3, -0.25) is 4.79 Å². The van der Waals surface area contributed by atoms with Crippen LogP contribution >= 0.6 is 15.9 Å². The molecule has 5 heteroatoms. The van der Waals surface area contributed by atoms with Crippen LogP contribution in [0.1, 0.15) is 18.0 Å². The van der Waals surface area contributed by atoms with E-state index in [1.807, 2.05) is 0 Å². The fourth-order valence-electron chi connectivity index (χ4n) is 1.08. The molecule has 0 aliphatic rings. The van der Waals surface area contributed by atoms with E-state index in [4.69, 9.17) is 11.5 Å². The Balaban J connectivity index is 2.85. The maximum Gasteiger partial charge on any atom is 0.219 e. The van der Waals surface area contributed by atoms with Crippen LogP contribution < -0.4 is 11.5 Å². The highest BCUT2D eigenvalue weighted by atomic mass is 79.9. The molecule has 1 aromatic carbocycles. The molecule has 0 fully saturated rings.